The summed E-state index contributed by atoms with van der Waals surface area (Å²) in [6.07, 6.45) is 99.8. The van der Waals surface area contributed by atoms with Gasteiger partial charge in [0.2, 0.25) is 0 Å². The van der Waals surface area contributed by atoms with E-state index < -0.39 is 24.3 Å². The van der Waals surface area contributed by atoms with Crippen molar-refractivity contribution in [1.29, 1.82) is 0 Å². The van der Waals surface area contributed by atoms with E-state index >= 15 is 0 Å². The van der Waals surface area contributed by atoms with E-state index in [4.69, 9.17) is 18.9 Å². The van der Waals surface area contributed by atoms with Gasteiger partial charge < -0.3 is 28.5 Å². The van der Waals surface area contributed by atoms with Crippen molar-refractivity contribution in [3.63, 3.8) is 0 Å². The van der Waals surface area contributed by atoms with Crippen LogP contribution < -0.4 is 0 Å². The van der Waals surface area contributed by atoms with E-state index in [1.54, 1.807) is 0 Å². The standard InChI is InChI=1S/C84H149NO8/c1-6-8-10-12-14-16-18-20-22-24-26-28-30-32-34-36-38-39-40-41-42-43-45-47-49-51-53-55-57-59-61-63-65-67-69-71-73-75-82(87)93-80(79-92-84(83(88)89)90-77-76-85(3,4)5)78-91-81(86)74-72-70-68-66-64-62-60-58-56-54-52-50-48-46-44-37-35-33-31-29-27-25-23-21-19-17-15-13-11-9-7-2/h8,10,14,16,20,22,25-28,32,34,38-39,41-42,80,84H,6-7,9,11-13,15,17-19,21,23-24,29-31,33,35-37,40,43-79H2,1-5H3/p+1/b10-8-,16-14-,22-20-,27-25-,28-26-,34-32-,39-38-,42-41-. The first-order chi connectivity index (χ1) is 45.6. The number of hydrogen-bond donors (Lipinski definition) is 1. The first kappa shape index (κ1) is 89.2. The van der Waals surface area contributed by atoms with E-state index in [9.17, 15) is 19.5 Å². The van der Waals surface area contributed by atoms with E-state index in [1.165, 1.54) is 250 Å². The molecule has 1 N–H and O–H groups in total. The molecule has 0 spiro atoms. The van der Waals surface area contributed by atoms with Crippen LogP contribution in [-0.4, -0.2) is 87.4 Å². The Morgan fingerprint density at radius 1 is 0.333 bits per heavy atom. The third kappa shape index (κ3) is 75.5. The molecule has 0 radical (unpaired) electrons. The fourth-order valence-electron chi connectivity index (χ4n) is 11.3. The number of allylic oxidation sites excluding steroid dienone is 16. The molecule has 93 heavy (non-hydrogen) atoms. The van der Waals surface area contributed by atoms with Crippen molar-refractivity contribution < 1.29 is 42.9 Å². The molecule has 0 aliphatic rings. The number of carboxylic acid groups (broad SMARTS) is 1. The number of quaternary nitrogens is 1. The predicted octanol–water partition coefficient (Wildman–Crippen LogP) is 25.1. The van der Waals surface area contributed by atoms with Gasteiger partial charge in [-0.05, 0) is 96.3 Å². The Bertz CT molecular complexity index is 1850. The van der Waals surface area contributed by atoms with Gasteiger partial charge in [-0.3, -0.25) is 9.59 Å². The number of hydrogen-bond acceptors (Lipinski definition) is 7. The second-order valence-electron chi connectivity index (χ2n) is 27.6. The number of likely N-dealkylation sites (N-methyl/N-ethyl adjacent to an activating group) is 1. The highest BCUT2D eigenvalue weighted by atomic mass is 16.7. The van der Waals surface area contributed by atoms with Crippen LogP contribution in [0.2, 0.25) is 0 Å². The van der Waals surface area contributed by atoms with Crippen molar-refractivity contribution in [2.45, 2.75) is 373 Å². The van der Waals surface area contributed by atoms with E-state index in [0.717, 1.165) is 83.5 Å². The summed E-state index contributed by atoms with van der Waals surface area (Å²) in [5.74, 6) is -1.99. The molecule has 2 atom stereocenters. The summed E-state index contributed by atoms with van der Waals surface area (Å²) < 4.78 is 23.1. The Hall–Kier alpha value is -3.79. The number of carbonyl (C=O) groups excluding carboxylic acids is 2. The van der Waals surface area contributed by atoms with E-state index in [2.05, 4.69) is 111 Å². The van der Waals surface area contributed by atoms with Gasteiger partial charge in [0.15, 0.2) is 6.10 Å². The third-order valence-corrected chi connectivity index (χ3v) is 17.3. The molecule has 0 aliphatic heterocycles. The number of ether oxygens (including phenoxy) is 4. The Balaban J connectivity index is 4.03. The van der Waals surface area contributed by atoms with Gasteiger partial charge in [0.25, 0.3) is 6.29 Å². The number of carboxylic acids is 1. The first-order valence-corrected chi connectivity index (χ1v) is 39.4. The molecule has 0 saturated heterocycles. The number of esters is 2. The lowest BCUT2D eigenvalue weighted by Crippen LogP contribution is -2.40. The van der Waals surface area contributed by atoms with Gasteiger partial charge in [-0.25, -0.2) is 4.79 Å². The maximum Gasteiger partial charge on any atom is 0.361 e. The predicted molar refractivity (Wildman–Crippen MR) is 401 cm³/mol. The van der Waals surface area contributed by atoms with Crippen LogP contribution in [0.5, 0.6) is 0 Å². The monoisotopic (exact) mass is 1300 g/mol. The van der Waals surface area contributed by atoms with E-state index in [1.807, 2.05) is 21.1 Å². The average molecular weight is 1300 g/mol. The zero-order chi connectivity index (χ0) is 67.5. The van der Waals surface area contributed by atoms with Gasteiger partial charge in [0.05, 0.1) is 34.4 Å². The number of unbranched alkanes of at least 4 members (excludes halogenated alkanes) is 42. The zero-order valence-corrected chi connectivity index (χ0v) is 61.7. The van der Waals surface area contributed by atoms with Crippen LogP contribution in [0.25, 0.3) is 0 Å². The van der Waals surface area contributed by atoms with Crippen molar-refractivity contribution in [2.75, 3.05) is 47.5 Å². The minimum absolute atomic E-state index is 0.181. The summed E-state index contributed by atoms with van der Waals surface area (Å²) in [4.78, 5) is 37.7. The highest BCUT2D eigenvalue weighted by Crippen LogP contribution is 2.19. The molecular weight excluding hydrogens is 1150 g/mol. The Labute approximate surface area is 575 Å². The van der Waals surface area contributed by atoms with Crippen molar-refractivity contribution >= 4 is 17.9 Å². The summed E-state index contributed by atoms with van der Waals surface area (Å²) in [6, 6.07) is 0. The molecule has 0 bridgehead atoms. The van der Waals surface area contributed by atoms with Crippen LogP contribution >= 0.6 is 0 Å². The number of aliphatic carboxylic acids is 1. The quantitative estimate of drug-likeness (QED) is 0.0211. The Morgan fingerprint density at radius 2 is 0.613 bits per heavy atom. The molecule has 538 valence electrons. The minimum Gasteiger partial charge on any atom is -0.477 e. The van der Waals surface area contributed by atoms with Crippen LogP contribution in [0, 0.1) is 0 Å². The smallest absolute Gasteiger partial charge is 0.361 e. The maximum absolute atomic E-state index is 13.0. The highest BCUT2D eigenvalue weighted by molar-refractivity contribution is 5.71. The van der Waals surface area contributed by atoms with Crippen molar-refractivity contribution in [3.05, 3.63) is 97.2 Å². The van der Waals surface area contributed by atoms with Crippen LogP contribution in [-0.2, 0) is 33.3 Å². The van der Waals surface area contributed by atoms with Crippen molar-refractivity contribution in [2.24, 2.45) is 0 Å². The fourth-order valence-corrected chi connectivity index (χ4v) is 11.3. The average Bonchev–Trinajstić information content (AvgIpc) is 3.73. The van der Waals surface area contributed by atoms with Crippen molar-refractivity contribution in [3.8, 4) is 0 Å². The summed E-state index contributed by atoms with van der Waals surface area (Å²) in [6.45, 7) is 4.81. The topological polar surface area (TPSA) is 108 Å². The van der Waals surface area contributed by atoms with Gasteiger partial charge in [0, 0.05) is 12.8 Å². The van der Waals surface area contributed by atoms with Gasteiger partial charge >= 0.3 is 17.9 Å². The molecule has 0 aromatic heterocycles. The lowest BCUT2D eigenvalue weighted by Gasteiger charge is -2.25. The number of rotatable bonds is 73. The lowest BCUT2D eigenvalue weighted by molar-refractivity contribution is -0.870. The van der Waals surface area contributed by atoms with Crippen LogP contribution in [0.1, 0.15) is 361 Å². The molecule has 0 aromatic rings. The Kier molecular flexibility index (Phi) is 71.0. The van der Waals surface area contributed by atoms with E-state index in [-0.39, 0.29) is 32.2 Å². The highest BCUT2D eigenvalue weighted by Gasteiger charge is 2.25. The second-order valence-corrected chi connectivity index (χ2v) is 27.6. The van der Waals surface area contributed by atoms with Gasteiger partial charge in [-0.1, -0.05) is 349 Å². The third-order valence-electron chi connectivity index (χ3n) is 17.3. The molecule has 0 saturated carbocycles. The molecule has 2 unspecified atom stereocenters. The van der Waals surface area contributed by atoms with Crippen LogP contribution in [0.3, 0.4) is 0 Å². The molecule has 0 aromatic carbocycles. The maximum atomic E-state index is 13.0. The molecular formula is C84H150NO8+. The number of carbonyl (C=O) groups is 3. The summed E-state index contributed by atoms with van der Waals surface area (Å²) >= 11 is 0. The summed E-state index contributed by atoms with van der Waals surface area (Å²) in [5.41, 5.74) is 0. The van der Waals surface area contributed by atoms with Gasteiger partial charge in [0.1, 0.15) is 13.2 Å². The second kappa shape index (κ2) is 74.0. The molecule has 0 rings (SSSR count). The SMILES string of the molecule is CC/C=C\C/C=C\C/C=C\C/C=C\C/C=C\C/C=C\C/C=C\CCCCCCCCCCCCCCCCCC(=O)OC(COC(=O)CCCCCCCCCCCCCCCCCCCCC/C=C\CCCCCCCCCC)COC(OCC[N+](C)(C)C)C(=O)O. The van der Waals surface area contributed by atoms with Crippen LogP contribution in [0.15, 0.2) is 97.2 Å². The van der Waals surface area contributed by atoms with E-state index in [0.29, 0.717) is 17.4 Å². The molecule has 9 heteroatoms. The molecule has 0 amide bonds. The number of nitrogens with zero attached hydrogens (tertiary/aromatic N) is 1. The largest absolute Gasteiger partial charge is 0.477 e. The first-order valence-electron chi connectivity index (χ1n) is 39.4. The minimum atomic E-state index is -1.51. The molecule has 0 heterocycles. The Morgan fingerprint density at radius 3 is 0.925 bits per heavy atom. The van der Waals surface area contributed by atoms with Gasteiger partial charge in [-0.2, -0.15) is 0 Å². The van der Waals surface area contributed by atoms with Gasteiger partial charge in [-0.15, -0.1) is 0 Å². The molecule has 9 nitrogen and oxygen atoms in total. The lowest BCUT2D eigenvalue weighted by atomic mass is 10.0. The molecule has 0 aliphatic carbocycles. The van der Waals surface area contributed by atoms with Crippen LogP contribution in [0.4, 0.5) is 0 Å². The summed E-state index contributed by atoms with van der Waals surface area (Å²) in [7, 11) is 5.99. The normalized spacial score (nSPS) is 13.2. The zero-order valence-electron chi connectivity index (χ0n) is 61.7. The fraction of sp³-hybridized carbons (Fsp3) is 0.774. The van der Waals surface area contributed by atoms with Crippen molar-refractivity contribution in [1.82, 2.24) is 0 Å². The molecule has 0 fully saturated rings. The summed E-state index contributed by atoms with van der Waals surface area (Å²) in [5, 5.41) is 9.77.